The number of hydrogen-bond acceptors (Lipinski definition) is 3. The summed E-state index contributed by atoms with van der Waals surface area (Å²) in [5, 5.41) is 11.6. The van der Waals surface area contributed by atoms with Crippen LogP contribution in [0, 0.1) is 11.6 Å². The molecule has 0 saturated heterocycles. The number of carboxylic acid groups (broad SMARTS) is 1. The van der Waals surface area contributed by atoms with Crippen molar-refractivity contribution < 1.29 is 28.2 Å². The maximum absolute atomic E-state index is 13.9. The Morgan fingerprint density at radius 3 is 2.16 bits per heavy atom. The van der Waals surface area contributed by atoms with Crippen molar-refractivity contribution in [3.8, 4) is 11.1 Å². The van der Waals surface area contributed by atoms with Crippen LogP contribution >= 0.6 is 0 Å². The lowest BCUT2D eigenvalue weighted by Crippen LogP contribution is -2.43. The molecule has 0 spiro atoms. The third-order valence-electron chi connectivity index (χ3n) is 5.39. The molecule has 0 saturated carbocycles. The smallest absolute Gasteiger partial charge is 0.407 e. The number of hydrogen-bond donors (Lipinski definition) is 2. The number of ether oxygens (including phenoxy) is 1. The molecule has 31 heavy (non-hydrogen) atoms. The van der Waals surface area contributed by atoms with Crippen molar-refractivity contribution >= 4 is 12.1 Å². The molecule has 0 aromatic heterocycles. The van der Waals surface area contributed by atoms with Gasteiger partial charge in [-0.15, -0.1) is 0 Å². The summed E-state index contributed by atoms with van der Waals surface area (Å²) in [4.78, 5) is 23.9. The highest BCUT2D eigenvalue weighted by molar-refractivity contribution is 5.81. The van der Waals surface area contributed by atoms with E-state index in [4.69, 9.17) is 4.74 Å². The predicted molar refractivity (Wildman–Crippen MR) is 110 cm³/mol. The van der Waals surface area contributed by atoms with E-state index in [1.165, 1.54) is 12.1 Å². The number of halogens is 2. The van der Waals surface area contributed by atoms with Gasteiger partial charge in [0.25, 0.3) is 0 Å². The van der Waals surface area contributed by atoms with E-state index in [-0.39, 0.29) is 18.1 Å². The molecule has 3 aromatic rings. The fourth-order valence-corrected chi connectivity index (χ4v) is 3.91. The maximum atomic E-state index is 13.9. The number of benzene rings is 3. The molecule has 0 unspecified atom stereocenters. The second-order valence-electron chi connectivity index (χ2n) is 7.28. The Hall–Kier alpha value is -3.74. The average Bonchev–Trinajstić information content (AvgIpc) is 3.08. The number of rotatable bonds is 6. The second kappa shape index (κ2) is 8.55. The molecule has 0 bridgehead atoms. The lowest BCUT2D eigenvalue weighted by atomic mass is 9.98. The van der Waals surface area contributed by atoms with Crippen molar-refractivity contribution in [1.29, 1.82) is 0 Å². The van der Waals surface area contributed by atoms with Crippen molar-refractivity contribution in [2.24, 2.45) is 0 Å². The molecule has 3 aromatic carbocycles. The summed E-state index contributed by atoms with van der Waals surface area (Å²) < 4.78 is 32.6. The van der Waals surface area contributed by atoms with Crippen LogP contribution in [0.3, 0.4) is 0 Å². The van der Waals surface area contributed by atoms with Crippen LogP contribution in [0.5, 0.6) is 0 Å². The molecular formula is C24H19F2NO4. The fourth-order valence-electron chi connectivity index (χ4n) is 3.91. The number of carbonyl (C=O) groups is 2. The van der Waals surface area contributed by atoms with Crippen molar-refractivity contribution in [2.75, 3.05) is 6.61 Å². The molecule has 2 N–H and O–H groups in total. The van der Waals surface area contributed by atoms with Gasteiger partial charge in [-0.05, 0) is 33.9 Å². The van der Waals surface area contributed by atoms with Crippen LogP contribution in [-0.4, -0.2) is 29.8 Å². The molecule has 1 aliphatic rings. The van der Waals surface area contributed by atoms with Crippen LogP contribution in [0.25, 0.3) is 11.1 Å². The monoisotopic (exact) mass is 423 g/mol. The van der Waals surface area contributed by atoms with Crippen LogP contribution in [0.15, 0.2) is 66.7 Å². The molecule has 5 nitrogen and oxygen atoms in total. The SMILES string of the molecule is O=C(N[C@H](Cc1cccc(F)c1F)C(=O)O)OCC1c2ccccc2-c2ccccc21. The Morgan fingerprint density at radius 1 is 0.935 bits per heavy atom. The summed E-state index contributed by atoms with van der Waals surface area (Å²) in [6.45, 7) is 0.0144. The standard InChI is InChI=1S/C24H19F2NO4/c25-20-11-5-6-14(22(20)26)12-21(23(28)29)27-24(30)31-13-19-17-9-3-1-7-15(17)16-8-2-4-10-18(16)19/h1-11,19,21H,12-13H2,(H,27,30)(H,28,29)/t21-/m1/s1. The van der Waals surface area contributed by atoms with E-state index < -0.39 is 36.2 Å². The topological polar surface area (TPSA) is 75.6 Å². The Labute approximate surface area is 177 Å². The van der Waals surface area contributed by atoms with Crippen molar-refractivity contribution in [1.82, 2.24) is 5.32 Å². The number of carboxylic acids is 1. The Bertz CT molecular complexity index is 1100. The lowest BCUT2D eigenvalue weighted by molar-refractivity contribution is -0.139. The zero-order valence-electron chi connectivity index (χ0n) is 16.3. The molecule has 0 fully saturated rings. The van der Waals surface area contributed by atoms with E-state index in [2.05, 4.69) is 5.32 Å². The number of alkyl carbamates (subject to hydrolysis) is 1. The van der Waals surface area contributed by atoms with Gasteiger partial charge in [0.15, 0.2) is 11.6 Å². The predicted octanol–water partition coefficient (Wildman–Crippen LogP) is 4.50. The number of fused-ring (bicyclic) bond motifs is 3. The highest BCUT2D eigenvalue weighted by Gasteiger charge is 2.30. The first-order chi connectivity index (χ1) is 15.0. The first kappa shape index (κ1) is 20.5. The summed E-state index contributed by atoms with van der Waals surface area (Å²) in [6.07, 6.45) is -1.35. The van der Waals surface area contributed by atoms with Gasteiger partial charge in [0.05, 0.1) is 0 Å². The Kier molecular flexibility index (Phi) is 5.66. The van der Waals surface area contributed by atoms with Crippen molar-refractivity contribution in [3.63, 3.8) is 0 Å². The lowest BCUT2D eigenvalue weighted by Gasteiger charge is -2.18. The zero-order valence-corrected chi connectivity index (χ0v) is 16.3. The molecule has 7 heteroatoms. The van der Waals surface area contributed by atoms with Gasteiger partial charge < -0.3 is 15.2 Å². The summed E-state index contributed by atoms with van der Waals surface area (Å²) in [7, 11) is 0. The minimum absolute atomic E-state index is 0.0144. The summed E-state index contributed by atoms with van der Waals surface area (Å²) >= 11 is 0. The Balaban J connectivity index is 1.45. The molecule has 158 valence electrons. The summed E-state index contributed by atoms with van der Waals surface area (Å²) in [6, 6.07) is 17.7. The van der Waals surface area contributed by atoms with E-state index >= 15 is 0 Å². The largest absolute Gasteiger partial charge is 0.480 e. The maximum Gasteiger partial charge on any atom is 0.407 e. The van der Waals surface area contributed by atoms with Gasteiger partial charge in [-0.25, -0.2) is 18.4 Å². The zero-order chi connectivity index (χ0) is 22.0. The van der Waals surface area contributed by atoms with Crippen molar-refractivity contribution in [2.45, 2.75) is 18.4 Å². The first-order valence-electron chi connectivity index (χ1n) is 9.73. The van der Waals surface area contributed by atoms with Crippen molar-refractivity contribution in [3.05, 3.63) is 95.1 Å². The van der Waals surface area contributed by atoms with E-state index in [1.54, 1.807) is 0 Å². The van der Waals surface area contributed by atoms with Crippen LogP contribution in [0.2, 0.25) is 0 Å². The highest BCUT2D eigenvalue weighted by Crippen LogP contribution is 2.44. The first-order valence-corrected chi connectivity index (χ1v) is 9.73. The van der Waals surface area contributed by atoms with Gasteiger partial charge in [0, 0.05) is 12.3 Å². The third kappa shape index (κ3) is 4.12. The van der Waals surface area contributed by atoms with E-state index in [0.717, 1.165) is 28.3 Å². The molecule has 0 radical (unpaired) electrons. The number of amides is 1. The van der Waals surface area contributed by atoms with E-state index in [0.29, 0.717) is 0 Å². The quantitative estimate of drug-likeness (QED) is 0.612. The number of aliphatic carboxylic acids is 1. The molecule has 0 heterocycles. The number of carbonyl (C=O) groups excluding carboxylic acids is 1. The van der Waals surface area contributed by atoms with Gasteiger partial charge in [0.1, 0.15) is 12.6 Å². The van der Waals surface area contributed by atoms with E-state index in [1.807, 2.05) is 48.5 Å². The van der Waals surface area contributed by atoms with Crippen LogP contribution < -0.4 is 5.32 Å². The Morgan fingerprint density at radius 2 is 1.55 bits per heavy atom. The van der Waals surface area contributed by atoms with Crippen LogP contribution in [-0.2, 0) is 16.0 Å². The molecule has 1 aliphatic carbocycles. The van der Waals surface area contributed by atoms with Gasteiger partial charge in [-0.3, -0.25) is 0 Å². The number of nitrogens with one attached hydrogen (secondary N) is 1. The minimum atomic E-state index is -1.47. The molecule has 1 amide bonds. The van der Waals surface area contributed by atoms with E-state index in [9.17, 15) is 23.5 Å². The van der Waals surface area contributed by atoms with Crippen LogP contribution in [0.4, 0.5) is 13.6 Å². The average molecular weight is 423 g/mol. The molecule has 0 aliphatic heterocycles. The van der Waals surface area contributed by atoms with Crippen LogP contribution in [0.1, 0.15) is 22.6 Å². The van der Waals surface area contributed by atoms with Gasteiger partial charge in [0.2, 0.25) is 0 Å². The summed E-state index contributed by atoms with van der Waals surface area (Å²) in [5.74, 6) is -3.77. The molecule has 1 atom stereocenters. The third-order valence-corrected chi connectivity index (χ3v) is 5.39. The fraction of sp³-hybridized carbons (Fsp3) is 0.167. The van der Waals surface area contributed by atoms with Gasteiger partial charge >= 0.3 is 12.1 Å². The second-order valence-corrected chi connectivity index (χ2v) is 7.28. The summed E-state index contributed by atoms with van der Waals surface area (Å²) in [5.41, 5.74) is 4.03. The van der Waals surface area contributed by atoms with Gasteiger partial charge in [-0.2, -0.15) is 0 Å². The van der Waals surface area contributed by atoms with Gasteiger partial charge in [-0.1, -0.05) is 60.7 Å². The normalized spacial score (nSPS) is 13.2. The molecule has 4 rings (SSSR count). The minimum Gasteiger partial charge on any atom is -0.480 e. The highest BCUT2D eigenvalue weighted by atomic mass is 19.2. The molecular weight excluding hydrogens is 404 g/mol.